The van der Waals surface area contributed by atoms with Crippen molar-refractivity contribution >= 4 is 22.7 Å². The SMILES string of the molecule is CCN(CC)CCNC(=O)CCN1C(=O)c2ccccc2C1c1c(C)[nH]c2ccccc12. The number of nitrogens with one attached hydrogen (secondary N) is 2. The number of H-pyrrole nitrogens is 1. The van der Waals surface area contributed by atoms with Crippen LogP contribution in [-0.2, 0) is 4.79 Å². The van der Waals surface area contributed by atoms with Crippen molar-refractivity contribution in [3.63, 3.8) is 0 Å². The Hall–Kier alpha value is -3.12. The van der Waals surface area contributed by atoms with Crippen molar-refractivity contribution < 1.29 is 9.59 Å². The fourth-order valence-electron chi connectivity index (χ4n) is 4.77. The molecule has 3 aromatic rings. The first-order valence-corrected chi connectivity index (χ1v) is 11.5. The molecule has 0 bridgehead atoms. The van der Waals surface area contributed by atoms with Crippen molar-refractivity contribution in [1.82, 2.24) is 20.1 Å². The van der Waals surface area contributed by atoms with Gasteiger partial charge in [0, 0.05) is 53.8 Å². The van der Waals surface area contributed by atoms with E-state index in [0.29, 0.717) is 13.1 Å². The molecule has 0 fully saturated rings. The van der Waals surface area contributed by atoms with Gasteiger partial charge in [0.25, 0.3) is 5.91 Å². The molecule has 1 aromatic heterocycles. The fourth-order valence-corrected chi connectivity index (χ4v) is 4.77. The minimum atomic E-state index is -0.196. The molecule has 1 unspecified atom stereocenters. The lowest BCUT2D eigenvalue weighted by Crippen LogP contribution is -2.37. The van der Waals surface area contributed by atoms with Crippen LogP contribution in [-0.4, -0.2) is 59.3 Å². The first-order chi connectivity index (χ1) is 15.5. The molecule has 168 valence electrons. The topological polar surface area (TPSA) is 68.4 Å². The van der Waals surface area contributed by atoms with Gasteiger partial charge in [-0.15, -0.1) is 0 Å². The van der Waals surface area contributed by atoms with Gasteiger partial charge in [0.05, 0.1) is 6.04 Å². The molecule has 2 heterocycles. The van der Waals surface area contributed by atoms with Crippen LogP contribution in [0, 0.1) is 6.92 Å². The van der Waals surface area contributed by atoms with Crippen LogP contribution in [0.1, 0.15) is 53.5 Å². The van der Waals surface area contributed by atoms with Gasteiger partial charge in [0.15, 0.2) is 0 Å². The second kappa shape index (κ2) is 9.57. The number of hydrogen-bond acceptors (Lipinski definition) is 3. The van der Waals surface area contributed by atoms with E-state index >= 15 is 0 Å². The number of aryl methyl sites for hydroxylation is 1. The zero-order valence-electron chi connectivity index (χ0n) is 19.1. The Morgan fingerprint density at radius 2 is 1.81 bits per heavy atom. The Morgan fingerprint density at radius 1 is 1.09 bits per heavy atom. The van der Waals surface area contributed by atoms with Gasteiger partial charge in [0.1, 0.15) is 0 Å². The van der Waals surface area contributed by atoms with Gasteiger partial charge in [-0.05, 0) is 37.7 Å². The number of rotatable bonds is 9. The number of likely N-dealkylation sites (N-methyl/N-ethyl adjacent to an activating group) is 1. The Kier molecular flexibility index (Phi) is 6.61. The summed E-state index contributed by atoms with van der Waals surface area (Å²) in [6, 6.07) is 15.8. The van der Waals surface area contributed by atoms with Crippen molar-refractivity contribution in [1.29, 1.82) is 0 Å². The minimum Gasteiger partial charge on any atom is -0.358 e. The smallest absolute Gasteiger partial charge is 0.255 e. The lowest BCUT2D eigenvalue weighted by atomic mass is 9.95. The number of aromatic amines is 1. The van der Waals surface area contributed by atoms with Crippen LogP contribution in [0.2, 0.25) is 0 Å². The third-order valence-corrected chi connectivity index (χ3v) is 6.50. The molecule has 1 aliphatic rings. The summed E-state index contributed by atoms with van der Waals surface area (Å²) in [5.41, 5.74) is 4.96. The fraction of sp³-hybridized carbons (Fsp3) is 0.385. The van der Waals surface area contributed by atoms with Crippen LogP contribution < -0.4 is 5.32 Å². The second-order valence-corrected chi connectivity index (χ2v) is 8.32. The summed E-state index contributed by atoms with van der Waals surface area (Å²) in [5.74, 6) is -0.0264. The van der Waals surface area contributed by atoms with Crippen molar-refractivity contribution in [2.45, 2.75) is 33.2 Å². The second-order valence-electron chi connectivity index (χ2n) is 8.32. The number of amides is 2. The Bertz CT molecular complexity index is 1120. The highest BCUT2D eigenvalue weighted by Gasteiger charge is 2.39. The summed E-state index contributed by atoms with van der Waals surface area (Å²) in [6.07, 6.45) is 0.288. The molecule has 6 heteroatoms. The van der Waals surface area contributed by atoms with Gasteiger partial charge in [0.2, 0.25) is 5.91 Å². The predicted octanol–water partition coefficient (Wildman–Crippen LogP) is 3.87. The largest absolute Gasteiger partial charge is 0.358 e. The molecule has 2 amide bonds. The molecule has 2 N–H and O–H groups in total. The number of nitrogens with zero attached hydrogens (tertiary/aromatic N) is 2. The summed E-state index contributed by atoms with van der Waals surface area (Å²) in [7, 11) is 0. The molecule has 6 nitrogen and oxygen atoms in total. The minimum absolute atomic E-state index is 0.00813. The maximum atomic E-state index is 13.3. The van der Waals surface area contributed by atoms with Crippen LogP contribution in [0.5, 0.6) is 0 Å². The van der Waals surface area contributed by atoms with Crippen LogP contribution in [0.4, 0.5) is 0 Å². The zero-order chi connectivity index (χ0) is 22.7. The molecule has 0 saturated carbocycles. The zero-order valence-corrected chi connectivity index (χ0v) is 19.1. The van der Waals surface area contributed by atoms with Crippen LogP contribution in [0.3, 0.4) is 0 Å². The highest BCUT2D eigenvalue weighted by molar-refractivity contribution is 6.01. The van der Waals surface area contributed by atoms with E-state index in [1.165, 1.54) is 0 Å². The summed E-state index contributed by atoms with van der Waals surface area (Å²) in [4.78, 5) is 33.5. The molecule has 0 spiro atoms. The lowest BCUT2D eigenvalue weighted by molar-refractivity contribution is -0.121. The molecule has 0 aliphatic carbocycles. The van der Waals surface area contributed by atoms with E-state index in [4.69, 9.17) is 0 Å². The Morgan fingerprint density at radius 3 is 2.59 bits per heavy atom. The summed E-state index contributed by atoms with van der Waals surface area (Å²) in [6.45, 7) is 10.1. The molecule has 0 saturated heterocycles. The third kappa shape index (κ3) is 4.15. The molecule has 1 aliphatic heterocycles. The highest BCUT2D eigenvalue weighted by Crippen LogP contribution is 2.42. The quantitative estimate of drug-likeness (QED) is 0.539. The van der Waals surface area contributed by atoms with Gasteiger partial charge in [-0.3, -0.25) is 9.59 Å². The van der Waals surface area contributed by atoms with Crippen molar-refractivity contribution in [2.75, 3.05) is 32.7 Å². The molecular weight excluding hydrogens is 400 g/mol. The van der Waals surface area contributed by atoms with E-state index in [9.17, 15) is 9.59 Å². The number of hydrogen-bond donors (Lipinski definition) is 2. The Labute approximate surface area is 189 Å². The number of carbonyl (C=O) groups is 2. The van der Waals surface area contributed by atoms with Crippen LogP contribution in [0.25, 0.3) is 10.9 Å². The standard InChI is InChI=1S/C26H32N4O2/c1-4-29(5-2)17-15-27-23(31)14-16-30-25(19-10-6-7-11-20(19)26(30)32)24-18(3)28-22-13-9-8-12-21(22)24/h6-13,25,28H,4-5,14-17H2,1-3H3,(H,27,31). The van der Waals surface area contributed by atoms with Gasteiger partial charge in [-0.1, -0.05) is 50.2 Å². The Balaban J connectivity index is 1.55. The number of para-hydroxylation sites is 1. The average Bonchev–Trinajstić information content (AvgIpc) is 3.28. The monoisotopic (exact) mass is 432 g/mol. The highest BCUT2D eigenvalue weighted by atomic mass is 16.2. The molecule has 32 heavy (non-hydrogen) atoms. The van der Waals surface area contributed by atoms with E-state index in [0.717, 1.165) is 52.9 Å². The number of fused-ring (bicyclic) bond motifs is 2. The lowest BCUT2D eigenvalue weighted by Gasteiger charge is -2.26. The van der Waals surface area contributed by atoms with E-state index in [-0.39, 0.29) is 24.3 Å². The third-order valence-electron chi connectivity index (χ3n) is 6.50. The van der Waals surface area contributed by atoms with Gasteiger partial charge < -0.3 is 20.1 Å². The van der Waals surface area contributed by atoms with Gasteiger partial charge in [-0.25, -0.2) is 0 Å². The predicted molar refractivity (Wildman–Crippen MR) is 128 cm³/mol. The van der Waals surface area contributed by atoms with E-state index in [1.54, 1.807) is 0 Å². The van der Waals surface area contributed by atoms with Crippen molar-refractivity contribution in [3.8, 4) is 0 Å². The molecule has 1 atom stereocenters. The molecular formula is C26H32N4O2. The van der Waals surface area contributed by atoms with Crippen molar-refractivity contribution in [2.24, 2.45) is 0 Å². The van der Waals surface area contributed by atoms with Gasteiger partial charge in [-0.2, -0.15) is 0 Å². The maximum Gasteiger partial charge on any atom is 0.255 e. The molecule has 2 aromatic carbocycles. The van der Waals surface area contributed by atoms with E-state index in [2.05, 4.69) is 48.1 Å². The number of aromatic nitrogens is 1. The average molecular weight is 433 g/mol. The maximum absolute atomic E-state index is 13.3. The van der Waals surface area contributed by atoms with E-state index in [1.807, 2.05) is 41.3 Å². The van der Waals surface area contributed by atoms with Crippen molar-refractivity contribution in [3.05, 3.63) is 70.9 Å². The van der Waals surface area contributed by atoms with Crippen LogP contribution in [0.15, 0.2) is 48.5 Å². The van der Waals surface area contributed by atoms with Gasteiger partial charge >= 0.3 is 0 Å². The normalized spacial score (nSPS) is 15.6. The van der Waals surface area contributed by atoms with E-state index < -0.39 is 0 Å². The first kappa shape index (κ1) is 22.1. The molecule has 0 radical (unpaired) electrons. The number of benzene rings is 2. The summed E-state index contributed by atoms with van der Waals surface area (Å²) >= 11 is 0. The summed E-state index contributed by atoms with van der Waals surface area (Å²) < 4.78 is 0. The summed E-state index contributed by atoms with van der Waals surface area (Å²) in [5, 5.41) is 4.13. The number of carbonyl (C=O) groups excluding carboxylic acids is 2. The first-order valence-electron chi connectivity index (χ1n) is 11.5. The molecule has 4 rings (SSSR count). The van der Waals surface area contributed by atoms with Crippen LogP contribution >= 0.6 is 0 Å².